The molecule has 0 spiro atoms. The summed E-state index contributed by atoms with van der Waals surface area (Å²) in [4.78, 5) is 0. The zero-order valence-electron chi connectivity index (χ0n) is 11.2. The van der Waals surface area contributed by atoms with Crippen molar-refractivity contribution >= 4 is 0 Å². The Labute approximate surface area is 113 Å². The molecule has 1 aromatic carbocycles. The highest BCUT2D eigenvalue weighted by molar-refractivity contribution is 5.32. The molecule has 3 N–H and O–H groups in total. The molecule has 1 aromatic heterocycles. The third kappa shape index (κ3) is 2.55. The molecule has 1 unspecified atom stereocenters. The Bertz CT molecular complexity index is 536. The number of hydrazine groups is 1. The van der Waals surface area contributed by atoms with E-state index in [-0.39, 0.29) is 0 Å². The lowest BCUT2D eigenvalue weighted by Gasteiger charge is -2.21. The summed E-state index contributed by atoms with van der Waals surface area (Å²) in [5.74, 6) is 6.34. The van der Waals surface area contributed by atoms with Gasteiger partial charge in [-0.1, -0.05) is 24.3 Å². The zero-order chi connectivity index (χ0) is 13.2. The highest BCUT2D eigenvalue weighted by Crippen LogP contribution is 2.29. The molecular formula is C15H20N4. The highest BCUT2D eigenvalue weighted by atomic mass is 15.2. The van der Waals surface area contributed by atoms with Gasteiger partial charge in [-0.05, 0) is 41.9 Å². The number of hydrogen-bond donors (Lipinski definition) is 2. The smallest absolute Gasteiger partial charge is 0.0522 e. The Morgan fingerprint density at radius 2 is 2.05 bits per heavy atom. The second-order valence-corrected chi connectivity index (χ2v) is 5.44. The van der Waals surface area contributed by atoms with Crippen molar-refractivity contribution in [3.63, 3.8) is 0 Å². The minimum absolute atomic E-state index is 0.302. The molecular weight excluding hydrogens is 236 g/mol. The molecule has 0 saturated carbocycles. The average molecular weight is 256 g/mol. The topological polar surface area (TPSA) is 55.9 Å². The van der Waals surface area contributed by atoms with Crippen molar-refractivity contribution in [1.82, 2.24) is 15.2 Å². The normalized spacial score (nSPS) is 16.5. The van der Waals surface area contributed by atoms with Gasteiger partial charge in [-0.2, -0.15) is 5.10 Å². The largest absolute Gasteiger partial charge is 0.276 e. The van der Waals surface area contributed by atoms with Gasteiger partial charge in [0.15, 0.2) is 0 Å². The third-order valence-corrected chi connectivity index (χ3v) is 4.08. The van der Waals surface area contributed by atoms with E-state index in [9.17, 15) is 0 Å². The van der Waals surface area contributed by atoms with Crippen LogP contribution < -0.4 is 11.3 Å². The van der Waals surface area contributed by atoms with Gasteiger partial charge in [-0.25, -0.2) is 0 Å². The van der Waals surface area contributed by atoms with E-state index in [1.54, 1.807) is 0 Å². The fourth-order valence-corrected chi connectivity index (χ4v) is 3.07. The molecule has 0 fully saturated rings. The van der Waals surface area contributed by atoms with E-state index in [1.165, 1.54) is 16.7 Å². The fourth-order valence-electron chi connectivity index (χ4n) is 3.07. The lowest BCUT2D eigenvalue weighted by atomic mass is 9.92. The van der Waals surface area contributed by atoms with Gasteiger partial charge in [-0.3, -0.25) is 16.0 Å². The first-order valence-electron chi connectivity index (χ1n) is 6.76. The Balaban J connectivity index is 1.71. The van der Waals surface area contributed by atoms with Gasteiger partial charge in [0.05, 0.1) is 6.20 Å². The number of nitrogens with two attached hydrogens (primary N) is 1. The molecule has 0 bridgehead atoms. The molecule has 4 nitrogen and oxygen atoms in total. The Morgan fingerprint density at radius 3 is 2.58 bits per heavy atom. The van der Waals surface area contributed by atoms with E-state index < -0.39 is 0 Å². The molecule has 1 heterocycles. The quantitative estimate of drug-likeness (QED) is 0.638. The summed E-state index contributed by atoms with van der Waals surface area (Å²) in [6, 6.07) is 9.00. The summed E-state index contributed by atoms with van der Waals surface area (Å²) in [7, 11) is 1.94. The van der Waals surface area contributed by atoms with Gasteiger partial charge in [0.25, 0.3) is 0 Å². The molecule has 4 heteroatoms. The van der Waals surface area contributed by atoms with Crippen LogP contribution in [0.2, 0.25) is 0 Å². The van der Waals surface area contributed by atoms with Crippen molar-refractivity contribution in [2.24, 2.45) is 18.8 Å². The second kappa shape index (κ2) is 5.15. The van der Waals surface area contributed by atoms with Gasteiger partial charge in [0.2, 0.25) is 0 Å². The van der Waals surface area contributed by atoms with E-state index in [4.69, 9.17) is 5.84 Å². The van der Waals surface area contributed by atoms with Crippen molar-refractivity contribution in [1.29, 1.82) is 0 Å². The monoisotopic (exact) mass is 256 g/mol. The molecule has 1 aliphatic carbocycles. The van der Waals surface area contributed by atoms with Gasteiger partial charge in [-0.15, -0.1) is 0 Å². The van der Waals surface area contributed by atoms with E-state index in [0.29, 0.717) is 12.0 Å². The van der Waals surface area contributed by atoms with Gasteiger partial charge < -0.3 is 0 Å². The summed E-state index contributed by atoms with van der Waals surface area (Å²) in [5, 5.41) is 4.22. The lowest BCUT2D eigenvalue weighted by molar-refractivity contribution is 0.367. The fraction of sp³-hybridized carbons (Fsp3) is 0.400. The van der Waals surface area contributed by atoms with Crippen LogP contribution in [0.5, 0.6) is 0 Å². The SMILES string of the molecule is Cn1cc(CC(NN)C2Cc3ccccc3C2)cn1. The van der Waals surface area contributed by atoms with Crippen molar-refractivity contribution < 1.29 is 0 Å². The van der Waals surface area contributed by atoms with Crippen molar-refractivity contribution in [3.8, 4) is 0 Å². The van der Waals surface area contributed by atoms with Crippen LogP contribution >= 0.6 is 0 Å². The number of benzene rings is 1. The highest BCUT2D eigenvalue weighted by Gasteiger charge is 2.28. The maximum absolute atomic E-state index is 5.76. The van der Waals surface area contributed by atoms with Gasteiger partial charge >= 0.3 is 0 Å². The first-order chi connectivity index (χ1) is 9.26. The van der Waals surface area contributed by atoms with Crippen LogP contribution in [0, 0.1) is 5.92 Å². The zero-order valence-corrected chi connectivity index (χ0v) is 11.2. The van der Waals surface area contributed by atoms with E-state index in [0.717, 1.165) is 19.3 Å². The summed E-state index contributed by atoms with van der Waals surface area (Å²) in [6.45, 7) is 0. The summed E-state index contributed by atoms with van der Waals surface area (Å²) < 4.78 is 1.84. The van der Waals surface area contributed by atoms with Crippen LogP contribution in [0.25, 0.3) is 0 Å². The minimum Gasteiger partial charge on any atom is -0.276 e. The van der Waals surface area contributed by atoms with Crippen molar-refractivity contribution in [2.75, 3.05) is 0 Å². The number of fused-ring (bicyclic) bond motifs is 1. The molecule has 2 aromatic rings. The molecule has 1 atom stereocenters. The minimum atomic E-state index is 0.302. The second-order valence-electron chi connectivity index (χ2n) is 5.44. The number of nitrogens with one attached hydrogen (secondary N) is 1. The van der Waals surface area contributed by atoms with Crippen LogP contribution in [0.4, 0.5) is 0 Å². The van der Waals surface area contributed by atoms with Crippen molar-refractivity contribution in [3.05, 3.63) is 53.3 Å². The molecule has 0 amide bonds. The predicted octanol–water partition coefficient (Wildman–Crippen LogP) is 1.21. The maximum Gasteiger partial charge on any atom is 0.0522 e. The van der Waals surface area contributed by atoms with Crippen LogP contribution in [-0.2, 0) is 26.3 Å². The number of aryl methyl sites for hydroxylation is 1. The van der Waals surface area contributed by atoms with E-state index in [1.807, 2.05) is 17.9 Å². The molecule has 0 radical (unpaired) electrons. The molecule has 100 valence electrons. The molecule has 0 aliphatic heterocycles. The Morgan fingerprint density at radius 1 is 1.37 bits per heavy atom. The number of rotatable bonds is 4. The molecule has 3 rings (SSSR count). The number of hydrogen-bond acceptors (Lipinski definition) is 3. The molecule has 19 heavy (non-hydrogen) atoms. The molecule has 1 aliphatic rings. The summed E-state index contributed by atoms with van der Waals surface area (Å²) in [6.07, 6.45) is 7.15. The van der Waals surface area contributed by atoms with Crippen molar-refractivity contribution in [2.45, 2.75) is 25.3 Å². The Hall–Kier alpha value is -1.65. The molecule has 0 saturated heterocycles. The third-order valence-electron chi connectivity index (χ3n) is 4.08. The standard InChI is InChI=1S/C15H20N4/c1-19-10-11(9-17-19)6-15(18-16)14-7-12-4-2-3-5-13(12)8-14/h2-5,9-10,14-15,18H,6-8,16H2,1H3. The van der Waals surface area contributed by atoms with Crippen LogP contribution in [-0.4, -0.2) is 15.8 Å². The summed E-state index contributed by atoms with van der Waals surface area (Å²) in [5.41, 5.74) is 7.18. The predicted molar refractivity (Wildman–Crippen MR) is 75.4 cm³/mol. The number of nitrogens with zero attached hydrogens (tertiary/aromatic N) is 2. The van der Waals surface area contributed by atoms with Crippen LogP contribution in [0.15, 0.2) is 36.7 Å². The van der Waals surface area contributed by atoms with Gasteiger partial charge in [0, 0.05) is 19.3 Å². The Kier molecular flexibility index (Phi) is 3.36. The first kappa shape index (κ1) is 12.4. The van der Waals surface area contributed by atoms with Gasteiger partial charge in [0.1, 0.15) is 0 Å². The van der Waals surface area contributed by atoms with E-state index in [2.05, 4.69) is 41.0 Å². The lowest BCUT2D eigenvalue weighted by Crippen LogP contribution is -2.42. The van der Waals surface area contributed by atoms with Crippen LogP contribution in [0.1, 0.15) is 16.7 Å². The summed E-state index contributed by atoms with van der Waals surface area (Å²) >= 11 is 0. The first-order valence-corrected chi connectivity index (χ1v) is 6.76. The maximum atomic E-state index is 5.76. The number of aromatic nitrogens is 2. The van der Waals surface area contributed by atoms with Crippen LogP contribution in [0.3, 0.4) is 0 Å². The average Bonchev–Trinajstić information content (AvgIpc) is 3.01. The van der Waals surface area contributed by atoms with E-state index >= 15 is 0 Å².